The van der Waals surface area contributed by atoms with Gasteiger partial charge in [0.25, 0.3) is 5.22 Å². The topological polar surface area (TPSA) is 97.1 Å². The van der Waals surface area contributed by atoms with Gasteiger partial charge in [0.2, 0.25) is 11.8 Å². The normalized spacial score (nSPS) is 11.8. The van der Waals surface area contributed by atoms with E-state index in [9.17, 15) is 9.59 Å². The van der Waals surface area contributed by atoms with Crippen LogP contribution in [0.4, 0.5) is 4.79 Å². The predicted octanol–water partition coefficient (Wildman–Crippen LogP) is 2.76. The molecule has 24 heavy (non-hydrogen) atoms. The first kappa shape index (κ1) is 18.0. The lowest BCUT2D eigenvalue weighted by atomic mass is 10.1. The zero-order chi connectivity index (χ0) is 17.5. The van der Waals surface area contributed by atoms with Crippen LogP contribution in [-0.2, 0) is 4.79 Å². The van der Waals surface area contributed by atoms with E-state index in [0.717, 1.165) is 29.3 Å². The van der Waals surface area contributed by atoms with Gasteiger partial charge in [-0.05, 0) is 32.4 Å². The number of aryl methyl sites for hydroxylation is 1. The lowest BCUT2D eigenvalue weighted by molar-refractivity contribution is -0.117. The molecule has 1 heterocycles. The van der Waals surface area contributed by atoms with Crippen LogP contribution in [0.1, 0.15) is 25.8 Å². The van der Waals surface area contributed by atoms with Crippen molar-refractivity contribution in [1.82, 2.24) is 20.8 Å². The first-order valence-corrected chi connectivity index (χ1v) is 8.60. The van der Waals surface area contributed by atoms with Gasteiger partial charge in [0.05, 0.1) is 5.75 Å². The summed E-state index contributed by atoms with van der Waals surface area (Å²) in [5.74, 6) is -0.00384. The molecular formula is C16H20N4O3S. The first-order valence-electron chi connectivity index (χ1n) is 7.61. The molecule has 2 aromatic rings. The molecule has 0 unspecified atom stereocenters. The van der Waals surface area contributed by atoms with Gasteiger partial charge in [0.15, 0.2) is 0 Å². The van der Waals surface area contributed by atoms with Crippen LogP contribution < -0.4 is 10.6 Å². The molecule has 8 heteroatoms. The maximum atomic E-state index is 11.7. The Morgan fingerprint density at radius 3 is 2.83 bits per heavy atom. The number of hydrogen-bond acceptors (Lipinski definition) is 6. The maximum absolute atomic E-state index is 11.7. The van der Waals surface area contributed by atoms with Crippen LogP contribution in [0.15, 0.2) is 33.9 Å². The summed E-state index contributed by atoms with van der Waals surface area (Å²) < 4.78 is 5.52. The third kappa shape index (κ3) is 5.38. The Morgan fingerprint density at radius 1 is 1.33 bits per heavy atom. The fourth-order valence-electron chi connectivity index (χ4n) is 1.81. The minimum Gasteiger partial charge on any atom is -0.411 e. The summed E-state index contributed by atoms with van der Waals surface area (Å²) in [4.78, 5) is 23.3. The van der Waals surface area contributed by atoms with Crippen molar-refractivity contribution in [3.63, 3.8) is 0 Å². The van der Waals surface area contributed by atoms with Crippen molar-refractivity contribution in [2.45, 2.75) is 38.5 Å². The second-order valence-corrected chi connectivity index (χ2v) is 6.29. The number of rotatable bonds is 6. The second kappa shape index (κ2) is 8.49. The van der Waals surface area contributed by atoms with Gasteiger partial charge in [-0.3, -0.25) is 10.1 Å². The van der Waals surface area contributed by atoms with E-state index in [2.05, 4.69) is 20.8 Å². The van der Waals surface area contributed by atoms with Crippen LogP contribution in [0.25, 0.3) is 11.5 Å². The van der Waals surface area contributed by atoms with E-state index >= 15 is 0 Å². The molecule has 0 saturated heterocycles. The molecule has 7 nitrogen and oxygen atoms in total. The summed E-state index contributed by atoms with van der Waals surface area (Å²) >= 11 is 1.08. The molecule has 2 rings (SSSR count). The summed E-state index contributed by atoms with van der Waals surface area (Å²) in [5, 5.41) is 13.1. The van der Waals surface area contributed by atoms with Crippen LogP contribution in [0.3, 0.4) is 0 Å². The Bertz CT molecular complexity index is 717. The number of nitrogens with one attached hydrogen (secondary N) is 2. The molecule has 0 aliphatic heterocycles. The van der Waals surface area contributed by atoms with Crippen LogP contribution >= 0.6 is 11.8 Å². The molecular weight excluding hydrogens is 328 g/mol. The van der Waals surface area contributed by atoms with E-state index in [1.807, 2.05) is 45.0 Å². The average Bonchev–Trinajstić information content (AvgIpc) is 3.01. The molecule has 1 atom stereocenters. The molecule has 128 valence electrons. The molecule has 0 fully saturated rings. The van der Waals surface area contributed by atoms with Gasteiger partial charge < -0.3 is 9.73 Å². The summed E-state index contributed by atoms with van der Waals surface area (Å²) in [6.45, 7) is 5.79. The van der Waals surface area contributed by atoms with Gasteiger partial charge in [-0.15, -0.1) is 10.2 Å². The van der Waals surface area contributed by atoms with E-state index in [1.54, 1.807) is 0 Å². The summed E-state index contributed by atoms with van der Waals surface area (Å²) in [6, 6.07) is 7.21. The monoisotopic (exact) mass is 348 g/mol. The van der Waals surface area contributed by atoms with Crippen molar-refractivity contribution < 1.29 is 14.0 Å². The van der Waals surface area contributed by atoms with Crippen molar-refractivity contribution in [2.24, 2.45) is 0 Å². The smallest absolute Gasteiger partial charge is 0.321 e. The largest absolute Gasteiger partial charge is 0.411 e. The van der Waals surface area contributed by atoms with Gasteiger partial charge in [0.1, 0.15) is 0 Å². The molecule has 0 bridgehead atoms. The third-order valence-electron chi connectivity index (χ3n) is 3.24. The third-order valence-corrected chi connectivity index (χ3v) is 4.06. The van der Waals surface area contributed by atoms with Crippen LogP contribution in [0.2, 0.25) is 0 Å². The SMILES string of the molecule is CC[C@H](C)NC(=O)NC(=O)CSc1nnc(-c2cccc(C)c2)o1. The quantitative estimate of drug-likeness (QED) is 0.779. The number of imide groups is 1. The first-order chi connectivity index (χ1) is 11.5. The number of carbonyl (C=O) groups excluding carboxylic acids is 2. The standard InChI is InChI=1S/C16H20N4O3S/c1-4-11(3)17-15(22)18-13(21)9-24-16-20-19-14(23-16)12-7-5-6-10(2)8-12/h5-8,11H,4,9H2,1-3H3,(H2,17,18,21,22)/t11-/m0/s1. The summed E-state index contributed by atoms with van der Waals surface area (Å²) in [5.41, 5.74) is 1.92. The Hall–Kier alpha value is -2.35. The Labute approximate surface area is 144 Å². The predicted molar refractivity (Wildman–Crippen MR) is 91.6 cm³/mol. The van der Waals surface area contributed by atoms with Gasteiger partial charge in [0, 0.05) is 11.6 Å². The highest BCUT2D eigenvalue weighted by Gasteiger charge is 2.13. The van der Waals surface area contributed by atoms with E-state index in [0.29, 0.717) is 5.89 Å². The lowest BCUT2D eigenvalue weighted by Gasteiger charge is -2.11. The lowest BCUT2D eigenvalue weighted by Crippen LogP contribution is -2.43. The Kier molecular flexibility index (Phi) is 6.36. The highest BCUT2D eigenvalue weighted by Crippen LogP contribution is 2.23. The molecule has 1 aromatic carbocycles. The number of aromatic nitrogens is 2. The molecule has 0 aliphatic carbocycles. The number of amides is 3. The van der Waals surface area contributed by atoms with Crippen molar-refractivity contribution in [2.75, 3.05) is 5.75 Å². The number of nitrogens with zero attached hydrogens (tertiary/aromatic N) is 2. The van der Waals surface area contributed by atoms with E-state index in [4.69, 9.17) is 4.42 Å². The van der Waals surface area contributed by atoms with Crippen LogP contribution in [-0.4, -0.2) is 33.9 Å². The molecule has 0 saturated carbocycles. The minimum atomic E-state index is -0.499. The van der Waals surface area contributed by atoms with Crippen molar-refractivity contribution in [3.8, 4) is 11.5 Å². The minimum absolute atomic E-state index is 0.0123. The van der Waals surface area contributed by atoms with Gasteiger partial charge in [-0.1, -0.05) is 36.4 Å². The zero-order valence-electron chi connectivity index (χ0n) is 13.8. The van der Waals surface area contributed by atoms with Crippen LogP contribution in [0, 0.1) is 6.92 Å². The average molecular weight is 348 g/mol. The molecule has 3 amide bonds. The summed E-state index contributed by atoms with van der Waals surface area (Å²) in [7, 11) is 0. The summed E-state index contributed by atoms with van der Waals surface area (Å²) in [6.07, 6.45) is 0.792. The Balaban J connectivity index is 1.85. The number of benzene rings is 1. The van der Waals surface area contributed by atoms with E-state index < -0.39 is 11.9 Å². The van der Waals surface area contributed by atoms with Crippen molar-refractivity contribution >= 4 is 23.7 Å². The van der Waals surface area contributed by atoms with Crippen molar-refractivity contribution in [1.29, 1.82) is 0 Å². The number of carbonyl (C=O) groups is 2. The second-order valence-electron chi connectivity index (χ2n) is 5.36. The number of urea groups is 1. The van der Waals surface area contributed by atoms with E-state index in [1.165, 1.54) is 0 Å². The molecule has 0 spiro atoms. The van der Waals surface area contributed by atoms with Gasteiger partial charge in [-0.25, -0.2) is 4.79 Å². The van der Waals surface area contributed by atoms with Gasteiger partial charge >= 0.3 is 6.03 Å². The van der Waals surface area contributed by atoms with E-state index in [-0.39, 0.29) is 17.0 Å². The van der Waals surface area contributed by atoms with Crippen molar-refractivity contribution in [3.05, 3.63) is 29.8 Å². The number of hydrogen-bond donors (Lipinski definition) is 2. The van der Waals surface area contributed by atoms with Gasteiger partial charge in [-0.2, -0.15) is 0 Å². The fraction of sp³-hybridized carbons (Fsp3) is 0.375. The fourth-order valence-corrected chi connectivity index (χ4v) is 2.38. The zero-order valence-corrected chi connectivity index (χ0v) is 14.6. The molecule has 1 aromatic heterocycles. The maximum Gasteiger partial charge on any atom is 0.321 e. The van der Waals surface area contributed by atoms with Crippen LogP contribution in [0.5, 0.6) is 0 Å². The molecule has 0 aliphatic rings. The molecule has 0 radical (unpaired) electrons. The highest BCUT2D eigenvalue weighted by atomic mass is 32.2. The Morgan fingerprint density at radius 2 is 2.12 bits per heavy atom. The molecule has 2 N–H and O–H groups in total. The number of thioether (sulfide) groups is 1. The highest BCUT2D eigenvalue weighted by molar-refractivity contribution is 7.99.